The Morgan fingerprint density at radius 3 is 2.12 bits per heavy atom. The number of benzene rings is 3. The molecule has 0 saturated heterocycles. The van der Waals surface area contributed by atoms with Crippen LogP contribution in [0.1, 0.15) is 76.4 Å². The van der Waals surface area contributed by atoms with Gasteiger partial charge in [0.2, 0.25) is 5.78 Å². The highest BCUT2D eigenvalue weighted by Gasteiger charge is 2.67. The minimum absolute atomic E-state index is 0.0118. The van der Waals surface area contributed by atoms with Crippen LogP contribution in [0.4, 0.5) is 10.1 Å². The maximum absolute atomic E-state index is 16.7. The molecule has 0 saturated carbocycles. The van der Waals surface area contributed by atoms with Gasteiger partial charge in [-0.25, -0.2) is 4.39 Å². The van der Waals surface area contributed by atoms with Gasteiger partial charge in [-0.1, -0.05) is 93.6 Å². The predicted molar refractivity (Wildman–Crippen MR) is 228 cm³/mol. The Hall–Kier alpha value is -5.30. The fourth-order valence-corrected chi connectivity index (χ4v) is 10.1. The standard InChI is InChI=1S/C47H54FN3O7Si/c1-10-22-51(23-11-2)35-26-34(48)32-24-31-25-33-39(50(6)7)42-38(45(49-57-42)56-28-30-20-16-13-17-21-30)44(54)47(33,58-59(8,9)46(3,4)5)43(53)36(31)40(52)37(32)41(35)55-27-29-18-14-12-15-19-29/h10-21,26,31,33,39,53H,1-2,22-25,27-28H2,3-9H3/t31?,33?,39-,47?/m0/s1. The number of aliphatic hydroxyl groups excluding tert-OH is 1. The highest BCUT2D eigenvalue weighted by Crippen LogP contribution is 2.60. The molecule has 3 aliphatic carbocycles. The average molecular weight is 820 g/mol. The van der Waals surface area contributed by atoms with E-state index < -0.39 is 60.0 Å². The van der Waals surface area contributed by atoms with Gasteiger partial charge in [0, 0.05) is 36.2 Å². The molecule has 1 aromatic heterocycles. The zero-order chi connectivity index (χ0) is 42.4. The molecule has 1 N–H and O–H groups in total. The first-order valence-electron chi connectivity index (χ1n) is 20.1. The molecule has 4 atom stereocenters. The summed E-state index contributed by atoms with van der Waals surface area (Å²) < 4.78 is 42.7. The van der Waals surface area contributed by atoms with E-state index in [0.717, 1.165) is 11.1 Å². The lowest BCUT2D eigenvalue weighted by Crippen LogP contribution is -2.65. The van der Waals surface area contributed by atoms with Crippen molar-refractivity contribution in [2.45, 2.75) is 76.6 Å². The van der Waals surface area contributed by atoms with E-state index in [1.165, 1.54) is 6.07 Å². The monoisotopic (exact) mass is 819 g/mol. The lowest BCUT2D eigenvalue weighted by atomic mass is 9.58. The number of aliphatic hydroxyl groups is 1. The first-order valence-corrected chi connectivity index (χ1v) is 23.0. The van der Waals surface area contributed by atoms with Crippen LogP contribution < -0.4 is 14.4 Å². The Kier molecular flexibility index (Phi) is 11.4. The van der Waals surface area contributed by atoms with Gasteiger partial charge < -0.3 is 28.4 Å². The highest BCUT2D eigenvalue weighted by molar-refractivity contribution is 6.74. The molecule has 12 heteroatoms. The van der Waals surface area contributed by atoms with Crippen molar-refractivity contribution in [2.24, 2.45) is 11.8 Å². The average Bonchev–Trinajstić information content (AvgIpc) is 3.61. The van der Waals surface area contributed by atoms with E-state index in [4.69, 9.17) is 18.4 Å². The SMILES string of the molecule is C=CCN(CC=C)c1cc(F)c2c(c1OCc1ccccc1)C(=O)C1=C(O)C3(O[Si](C)(C)C(C)(C)C)C(=O)c4c(OCc5ccccc5)noc4[C@@H](N(C)C)C3CC1C2. The number of anilines is 1. The number of carbonyl (C=O) groups excluding carboxylic acids is 2. The van der Waals surface area contributed by atoms with Gasteiger partial charge in [-0.3, -0.25) is 14.5 Å². The third-order valence-electron chi connectivity index (χ3n) is 12.5. The molecule has 0 bridgehead atoms. The molecule has 3 unspecified atom stereocenters. The Balaban J connectivity index is 1.45. The van der Waals surface area contributed by atoms with E-state index >= 15 is 14.0 Å². The molecule has 4 aromatic rings. The number of hydrogen-bond acceptors (Lipinski definition) is 10. The Morgan fingerprint density at radius 2 is 1.56 bits per heavy atom. The van der Waals surface area contributed by atoms with Gasteiger partial charge >= 0.3 is 0 Å². The number of hydrogen-bond donors (Lipinski definition) is 1. The third-order valence-corrected chi connectivity index (χ3v) is 16.9. The third kappa shape index (κ3) is 7.25. The molecular formula is C47H54FN3O7Si. The Labute approximate surface area is 347 Å². The minimum atomic E-state index is -2.96. The minimum Gasteiger partial charge on any atom is -0.508 e. The number of allylic oxidation sites excluding steroid dienone is 1. The van der Waals surface area contributed by atoms with E-state index in [1.807, 2.05) is 97.7 Å². The lowest BCUT2D eigenvalue weighted by Gasteiger charge is -2.55. The molecular weight excluding hydrogens is 766 g/mol. The van der Waals surface area contributed by atoms with E-state index in [-0.39, 0.29) is 59.9 Å². The number of carbonyl (C=O) groups is 2. The summed E-state index contributed by atoms with van der Waals surface area (Å²) in [6.45, 7) is 18.8. The van der Waals surface area contributed by atoms with Crippen LogP contribution in [-0.4, -0.2) is 67.8 Å². The van der Waals surface area contributed by atoms with Gasteiger partial charge in [0.15, 0.2) is 31.2 Å². The predicted octanol–water partition coefficient (Wildman–Crippen LogP) is 9.60. The van der Waals surface area contributed by atoms with Gasteiger partial charge in [0.05, 0.1) is 17.3 Å². The van der Waals surface area contributed by atoms with Crippen LogP contribution in [0.5, 0.6) is 11.6 Å². The fourth-order valence-electron chi connectivity index (χ4n) is 8.65. The molecule has 59 heavy (non-hydrogen) atoms. The maximum Gasteiger partial charge on any atom is 0.265 e. The quantitative estimate of drug-likeness (QED) is 0.0975. The van der Waals surface area contributed by atoms with Crippen molar-refractivity contribution in [1.82, 2.24) is 10.1 Å². The second-order valence-corrected chi connectivity index (χ2v) is 22.2. The molecule has 0 aliphatic heterocycles. The number of ether oxygens (including phenoxy) is 2. The fraction of sp³-hybridized carbons (Fsp3) is 0.383. The molecule has 0 amide bonds. The summed E-state index contributed by atoms with van der Waals surface area (Å²) in [5, 5.41) is 16.9. The van der Waals surface area contributed by atoms with Crippen LogP contribution in [0.2, 0.25) is 18.1 Å². The number of aromatic nitrogens is 1. The zero-order valence-electron chi connectivity index (χ0n) is 35.0. The van der Waals surface area contributed by atoms with Crippen LogP contribution in [0, 0.1) is 17.7 Å². The normalized spacial score (nSPS) is 21.3. The summed E-state index contributed by atoms with van der Waals surface area (Å²) in [5.74, 6) is -3.20. The molecule has 7 rings (SSSR count). The summed E-state index contributed by atoms with van der Waals surface area (Å²) in [7, 11) is 0.769. The number of halogens is 1. The number of Topliss-reactive ketones (excluding diaryl/α,β-unsaturated/α-hetero) is 2. The molecule has 3 aliphatic rings. The van der Waals surface area contributed by atoms with E-state index in [0.29, 0.717) is 24.5 Å². The van der Waals surface area contributed by atoms with Crippen LogP contribution in [0.3, 0.4) is 0 Å². The van der Waals surface area contributed by atoms with Crippen LogP contribution >= 0.6 is 0 Å². The van der Waals surface area contributed by atoms with Crippen molar-refractivity contribution in [3.8, 4) is 11.6 Å². The first kappa shape index (κ1) is 41.8. The van der Waals surface area contributed by atoms with Crippen LogP contribution in [0.25, 0.3) is 0 Å². The molecule has 3 aromatic carbocycles. The molecule has 1 heterocycles. The number of fused-ring (bicyclic) bond motifs is 4. The first-order chi connectivity index (χ1) is 28.0. The van der Waals surface area contributed by atoms with E-state index in [9.17, 15) is 5.11 Å². The van der Waals surface area contributed by atoms with Crippen molar-refractivity contribution in [1.29, 1.82) is 0 Å². The molecule has 0 radical (unpaired) electrons. The molecule has 0 fully saturated rings. The summed E-state index contributed by atoms with van der Waals surface area (Å²) in [6, 6.07) is 19.7. The van der Waals surface area contributed by atoms with Crippen LogP contribution in [0.15, 0.2) is 108 Å². The van der Waals surface area contributed by atoms with Gasteiger partial charge in [0.1, 0.15) is 30.4 Å². The lowest BCUT2D eigenvalue weighted by molar-refractivity contribution is -0.0481. The smallest absolute Gasteiger partial charge is 0.265 e. The second kappa shape index (κ2) is 16.0. The number of ketones is 2. The second-order valence-electron chi connectivity index (χ2n) is 17.5. The summed E-state index contributed by atoms with van der Waals surface area (Å²) >= 11 is 0. The van der Waals surface area contributed by atoms with E-state index in [1.54, 1.807) is 12.2 Å². The Bertz CT molecular complexity index is 2290. The summed E-state index contributed by atoms with van der Waals surface area (Å²) in [6.07, 6.45) is 3.65. The van der Waals surface area contributed by atoms with Crippen molar-refractivity contribution in [3.05, 3.63) is 143 Å². The van der Waals surface area contributed by atoms with E-state index in [2.05, 4.69) is 39.1 Å². The number of nitrogens with zero attached hydrogens (tertiary/aromatic N) is 3. The van der Waals surface area contributed by atoms with Gasteiger partial charge in [0.25, 0.3) is 5.88 Å². The largest absolute Gasteiger partial charge is 0.508 e. The topological polar surface area (TPSA) is 115 Å². The van der Waals surface area contributed by atoms with Crippen molar-refractivity contribution >= 4 is 25.6 Å². The molecule has 10 nitrogen and oxygen atoms in total. The Morgan fingerprint density at radius 1 is 0.966 bits per heavy atom. The maximum atomic E-state index is 16.7. The number of rotatable bonds is 14. The van der Waals surface area contributed by atoms with Crippen molar-refractivity contribution in [2.75, 3.05) is 32.1 Å². The zero-order valence-corrected chi connectivity index (χ0v) is 36.0. The summed E-state index contributed by atoms with van der Waals surface area (Å²) in [4.78, 5) is 34.8. The van der Waals surface area contributed by atoms with Gasteiger partial charge in [-0.2, -0.15) is 0 Å². The van der Waals surface area contributed by atoms with Crippen molar-refractivity contribution < 1.29 is 37.5 Å². The highest BCUT2D eigenvalue weighted by atomic mass is 28.4. The van der Waals surface area contributed by atoms with Gasteiger partial charge in [-0.15, -0.1) is 13.2 Å². The summed E-state index contributed by atoms with van der Waals surface area (Å²) in [5.41, 5.74) is 0.309. The van der Waals surface area contributed by atoms with Gasteiger partial charge in [-0.05, 0) is 67.3 Å². The molecule has 310 valence electrons. The molecule has 0 spiro atoms. The van der Waals surface area contributed by atoms with Crippen molar-refractivity contribution in [3.63, 3.8) is 0 Å². The van der Waals surface area contributed by atoms with Crippen LogP contribution in [-0.2, 0) is 24.1 Å².